The van der Waals surface area contributed by atoms with Gasteiger partial charge in [0.1, 0.15) is 0 Å². The molecule has 15 heavy (non-hydrogen) atoms. The maximum absolute atomic E-state index is 11.1. The molecule has 2 rings (SSSR count). The minimum Gasteiger partial charge on any atom is -0.479 e. The summed E-state index contributed by atoms with van der Waals surface area (Å²) in [5.74, 6) is -1.18. The predicted molar refractivity (Wildman–Crippen MR) is 52.4 cm³/mol. The van der Waals surface area contributed by atoms with Crippen molar-refractivity contribution in [3.05, 3.63) is 17.0 Å². The number of aliphatic carboxylic acids is 1. The number of aromatic nitrogens is 2. The van der Waals surface area contributed by atoms with Gasteiger partial charge in [-0.05, 0) is 26.2 Å². The number of fused-ring (bicyclic) bond motifs is 1. The molecule has 1 aromatic heterocycles. The minimum absolute atomic E-state index is 0.266. The predicted octanol–water partition coefficient (Wildman–Crippen LogP) is 0.337. The van der Waals surface area contributed by atoms with Crippen molar-refractivity contribution in [1.29, 1.82) is 0 Å². The van der Waals surface area contributed by atoms with Crippen LogP contribution in [0.3, 0.4) is 0 Å². The van der Waals surface area contributed by atoms with Gasteiger partial charge in [0.15, 0.2) is 5.60 Å². The molecule has 1 heterocycles. The first-order chi connectivity index (χ1) is 6.97. The van der Waals surface area contributed by atoms with Crippen LogP contribution in [0.1, 0.15) is 29.8 Å². The molecule has 0 bridgehead atoms. The zero-order chi connectivity index (χ0) is 11.2. The Balaban J connectivity index is 2.64. The van der Waals surface area contributed by atoms with Crippen molar-refractivity contribution in [3.63, 3.8) is 0 Å². The van der Waals surface area contributed by atoms with E-state index in [0.29, 0.717) is 17.7 Å². The summed E-state index contributed by atoms with van der Waals surface area (Å²) in [4.78, 5) is 11.1. The summed E-state index contributed by atoms with van der Waals surface area (Å²) in [6, 6.07) is 0. The van der Waals surface area contributed by atoms with Crippen LogP contribution in [0.4, 0.5) is 0 Å². The van der Waals surface area contributed by atoms with Crippen molar-refractivity contribution < 1.29 is 15.0 Å². The first kappa shape index (κ1) is 10.2. The number of carboxylic acid groups (broad SMARTS) is 1. The smallest absolute Gasteiger partial charge is 0.340 e. The van der Waals surface area contributed by atoms with Crippen LogP contribution in [0, 0.1) is 6.92 Å². The molecule has 0 saturated carbocycles. The first-order valence-electron chi connectivity index (χ1n) is 4.95. The fourth-order valence-electron chi connectivity index (χ4n) is 2.24. The van der Waals surface area contributed by atoms with Crippen LogP contribution >= 0.6 is 0 Å². The van der Waals surface area contributed by atoms with Gasteiger partial charge in [0.05, 0.1) is 5.69 Å². The molecular weight excluding hydrogens is 196 g/mol. The Morgan fingerprint density at radius 2 is 2.27 bits per heavy atom. The average Bonchev–Trinajstić information content (AvgIpc) is 2.44. The number of rotatable bonds is 1. The molecule has 1 aromatic rings. The number of hydrogen-bond donors (Lipinski definition) is 2. The Hall–Kier alpha value is -1.36. The van der Waals surface area contributed by atoms with Gasteiger partial charge in [-0.25, -0.2) is 4.79 Å². The van der Waals surface area contributed by atoms with Gasteiger partial charge in [0.25, 0.3) is 0 Å². The molecule has 82 valence electrons. The highest BCUT2D eigenvalue weighted by Gasteiger charge is 2.44. The maximum atomic E-state index is 11.1. The van der Waals surface area contributed by atoms with E-state index in [1.165, 1.54) is 0 Å². The Bertz CT molecular complexity index is 425. The number of hydrogen-bond acceptors (Lipinski definition) is 3. The number of nitrogens with zero attached hydrogens (tertiary/aromatic N) is 2. The average molecular weight is 210 g/mol. The summed E-state index contributed by atoms with van der Waals surface area (Å²) >= 11 is 0. The van der Waals surface area contributed by atoms with E-state index in [2.05, 4.69) is 5.10 Å². The molecule has 0 radical (unpaired) electrons. The van der Waals surface area contributed by atoms with Gasteiger partial charge in [0, 0.05) is 18.3 Å². The molecule has 2 N–H and O–H groups in total. The SMILES string of the molecule is Cc1c2c(nn1C)CCCC2(O)C(=O)O. The van der Waals surface area contributed by atoms with Crippen LogP contribution in [0.15, 0.2) is 0 Å². The highest BCUT2D eigenvalue weighted by molar-refractivity contribution is 5.80. The first-order valence-corrected chi connectivity index (χ1v) is 4.95. The quantitative estimate of drug-likeness (QED) is 0.700. The van der Waals surface area contributed by atoms with E-state index in [4.69, 9.17) is 5.11 Å². The van der Waals surface area contributed by atoms with Gasteiger partial charge in [-0.2, -0.15) is 5.10 Å². The van der Waals surface area contributed by atoms with Crippen molar-refractivity contribution in [2.45, 2.75) is 31.8 Å². The third-order valence-electron chi connectivity index (χ3n) is 3.13. The molecule has 0 spiro atoms. The lowest BCUT2D eigenvalue weighted by atomic mass is 9.81. The monoisotopic (exact) mass is 210 g/mol. The lowest BCUT2D eigenvalue weighted by Crippen LogP contribution is -2.39. The number of carbonyl (C=O) groups is 1. The molecule has 1 atom stereocenters. The lowest BCUT2D eigenvalue weighted by molar-refractivity contribution is -0.161. The number of aryl methyl sites for hydroxylation is 2. The second-order valence-electron chi connectivity index (χ2n) is 4.05. The molecule has 1 aliphatic rings. The third kappa shape index (κ3) is 1.26. The van der Waals surface area contributed by atoms with Crippen LogP contribution in [-0.4, -0.2) is 26.0 Å². The molecule has 0 saturated heterocycles. The summed E-state index contributed by atoms with van der Waals surface area (Å²) in [5, 5.41) is 23.5. The van der Waals surface area contributed by atoms with Crippen molar-refractivity contribution >= 4 is 5.97 Å². The van der Waals surface area contributed by atoms with Gasteiger partial charge in [-0.15, -0.1) is 0 Å². The Morgan fingerprint density at radius 3 is 2.87 bits per heavy atom. The third-order valence-corrected chi connectivity index (χ3v) is 3.13. The van der Waals surface area contributed by atoms with E-state index < -0.39 is 11.6 Å². The molecule has 0 amide bonds. The topological polar surface area (TPSA) is 75.3 Å². The van der Waals surface area contributed by atoms with Crippen molar-refractivity contribution in [1.82, 2.24) is 9.78 Å². The summed E-state index contributed by atoms with van der Waals surface area (Å²) in [7, 11) is 1.76. The van der Waals surface area contributed by atoms with Crippen molar-refractivity contribution in [3.8, 4) is 0 Å². The summed E-state index contributed by atoms with van der Waals surface area (Å²) in [5.41, 5.74) is 0.191. The van der Waals surface area contributed by atoms with Crippen LogP contribution in [0.5, 0.6) is 0 Å². The van der Waals surface area contributed by atoms with Crippen molar-refractivity contribution in [2.75, 3.05) is 0 Å². The zero-order valence-corrected chi connectivity index (χ0v) is 8.82. The molecule has 5 nitrogen and oxygen atoms in total. The number of carboxylic acids is 1. The van der Waals surface area contributed by atoms with Gasteiger partial charge in [0.2, 0.25) is 0 Å². The zero-order valence-electron chi connectivity index (χ0n) is 8.82. The Morgan fingerprint density at radius 1 is 1.60 bits per heavy atom. The summed E-state index contributed by atoms with van der Waals surface area (Å²) in [6.07, 6.45) is 1.67. The lowest BCUT2D eigenvalue weighted by Gasteiger charge is -2.28. The number of aliphatic hydroxyl groups is 1. The van der Waals surface area contributed by atoms with E-state index in [1.807, 2.05) is 0 Å². The fraction of sp³-hybridized carbons (Fsp3) is 0.600. The van der Waals surface area contributed by atoms with Gasteiger partial charge < -0.3 is 10.2 Å². The molecule has 0 fully saturated rings. The Kier molecular flexibility index (Phi) is 2.08. The summed E-state index contributed by atoms with van der Waals surface area (Å²) < 4.78 is 1.63. The van der Waals surface area contributed by atoms with E-state index in [-0.39, 0.29) is 6.42 Å². The largest absolute Gasteiger partial charge is 0.479 e. The normalized spacial score (nSPS) is 25.0. The minimum atomic E-state index is -1.74. The van der Waals surface area contributed by atoms with Crippen LogP contribution in [-0.2, 0) is 23.9 Å². The van der Waals surface area contributed by atoms with Gasteiger partial charge in [-0.3, -0.25) is 4.68 Å². The fourth-order valence-corrected chi connectivity index (χ4v) is 2.24. The van der Waals surface area contributed by atoms with E-state index in [9.17, 15) is 9.90 Å². The van der Waals surface area contributed by atoms with Crippen LogP contribution < -0.4 is 0 Å². The second kappa shape index (κ2) is 3.06. The van der Waals surface area contributed by atoms with Gasteiger partial charge >= 0.3 is 5.97 Å². The molecule has 1 aliphatic carbocycles. The van der Waals surface area contributed by atoms with Crippen molar-refractivity contribution in [2.24, 2.45) is 7.05 Å². The van der Waals surface area contributed by atoms with Crippen LogP contribution in [0.2, 0.25) is 0 Å². The highest BCUT2D eigenvalue weighted by atomic mass is 16.4. The Labute approximate surface area is 87.3 Å². The molecule has 0 aromatic carbocycles. The molecule has 0 aliphatic heterocycles. The van der Waals surface area contributed by atoms with E-state index in [0.717, 1.165) is 12.1 Å². The second-order valence-corrected chi connectivity index (χ2v) is 4.05. The molecule has 5 heteroatoms. The highest BCUT2D eigenvalue weighted by Crippen LogP contribution is 2.37. The maximum Gasteiger partial charge on any atom is 0.340 e. The molecule has 1 unspecified atom stereocenters. The summed E-state index contributed by atoms with van der Waals surface area (Å²) in [6.45, 7) is 1.78. The molecular formula is C10H14N2O3. The van der Waals surface area contributed by atoms with Gasteiger partial charge in [-0.1, -0.05) is 0 Å². The standard InChI is InChI=1S/C10H14N2O3/c1-6-8-7(11-12(6)2)4-3-5-10(8,15)9(13)14/h15H,3-5H2,1-2H3,(H,13,14). The van der Waals surface area contributed by atoms with E-state index in [1.54, 1.807) is 18.7 Å². The van der Waals surface area contributed by atoms with Crippen LogP contribution in [0.25, 0.3) is 0 Å². The van der Waals surface area contributed by atoms with E-state index >= 15 is 0 Å².